The van der Waals surface area contributed by atoms with Gasteiger partial charge in [-0.3, -0.25) is 19.9 Å². The van der Waals surface area contributed by atoms with E-state index >= 15 is 0 Å². The zero-order valence-electron chi connectivity index (χ0n) is 18.6. The number of hydrogen-bond donors (Lipinski definition) is 2. The van der Waals surface area contributed by atoms with Gasteiger partial charge in [-0.1, -0.05) is 41.4 Å². The molecule has 0 radical (unpaired) electrons. The van der Waals surface area contributed by atoms with Crippen LogP contribution >= 0.6 is 23.2 Å². The van der Waals surface area contributed by atoms with Gasteiger partial charge in [-0.15, -0.1) is 5.10 Å². The van der Waals surface area contributed by atoms with Gasteiger partial charge in [-0.05, 0) is 36.8 Å². The molecule has 2 aromatic heterocycles. The molecule has 1 aliphatic rings. The first kappa shape index (κ1) is 23.5. The SMILES string of the molecule is CC1=C(C(=O)Nc2cccnc2)C(c2ccc(Cl)c(Cl)c2)n2nc(-c3cccc([N+](=O)[O-])c3)nc2N1. The molecule has 3 heterocycles. The van der Waals surface area contributed by atoms with E-state index in [4.69, 9.17) is 23.2 Å². The van der Waals surface area contributed by atoms with E-state index in [-0.39, 0.29) is 17.4 Å². The number of nitro benzene ring substituents is 1. The van der Waals surface area contributed by atoms with Crippen LogP contribution in [0.4, 0.5) is 17.3 Å². The molecule has 10 nitrogen and oxygen atoms in total. The van der Waals surface area contributed by atoms with Gasteiger partial charge in [0.2, 0.25) is 5.95 Å². The fourth-order valence-corrected chi connectivity index (χ4v) is 4.26. The topological polar surface area (TPSA) is 128 Å². The number of non-ortho nitro benzene ring substituents is 1. The average molecular weight is 522 g/mol. The van der Waals surface area contributed by atoms with E-state index in [0.29, 0.717) is 44.1 Å². The summed E-state index contributed by atoms with van der Waals surface area (Å²) >= 11 is 12.5. The summed E-state index contributed by atoms with van der Waals surface area (Å²) in [6, 6.07) is 13.8. The molecular formula is C24H17Cl2N7O3. The number of hydrogen-bond acceptors (Lipinski definition) is 7. The molecule has 180 valence electrons. The summed E-state index contributed by atoms with van der Waals surface area (Å²) in [5, 5.41) is 22.6. The number of halogens is 2. The lowest BCUT2D eigenvalue weighted by atomic mass is 9.95. The number of allylic oxidation sites excluding steroid dienone is 1. The van der Waals surface area contributed by atoms with Gasteiger partial charge in [0.15, 0.2) is 5.82 Å². The van der Waals surface area contributed by atoms with Crippen molar-refractivity contribution >= 4 is 46.4 Å². The van der Waals surface area contributed by atoms with Crippen LogP contribution < -0.4 is 10.6 Å². The molecule has 1 aliphatic heterocycles. The van der Waals surface area contributed by atoms with E-state index in [0.717, 1.165) is 0 Å². The fraction of sp³-hybridized carbons (Fsp3) is 0.0833. The number of rotatable bonds is 5. The Labute approximate surface area is 214 Å². The molecule has 5 rings (SSSR count). The maximum absolute atomic E-state index is 13.5. The van der Waals surface area contributed by atoms with Crippen LogP contribution in [0.2, 0.25) is 10.0 Å². The molecule has 4 aromatic rings. The first-order chi connectivity index (χ1) is 17.3. The van der Waals surface area contributed by atoms with Gasteiger partial charge in [0.05, 0.1) is 32.4 Å². The highest BCUT2D eigenvalue weighted by atomic mass is 35.5. The number of pyridine rings is 1. The number of fused-ring (bicyclic) bond motifs is 1. The Hall–Kier alpha value is -4.28. The molecular weight excluding hydrogens is 505 g/mol. The maximum atomic E-state index is 13.5. The fourth-order valence-electron chi connectivity index (χ4n) is 3.95. The predicted molar refractivity (Wildman–Crippen MR) is 136 cm³/mol. The molecule has 2 N–H and O–H groups in total. The van der Waals surface area contributed by atoms with Crippen LogP contribution in [0.3, 0.4) is 0 Å². The molecule has 0 spiro atoms. The van der Waals surface area contributed by atoms with Crippen molar-refractivity contribution in [3.8, 4) is 11.4 Å². The number of anilines is 2. The lowest BCUT2D eigenvalue weighted by molar-refractivity contribution is -0.384. The second-order valence-corrected chi connectivity index (χ2v) is 8.76. The number of benzene rings is 2. The van der Waals surface area contributed by atoms with E-state index in [2.05, 4.69) is 25.7 Å². The van der Waals surface area contributed by atoms with E-state index in [9.17, 15) is 14.9 Å². The third-order valence-electron chi connectivity index (χ3n) is 5.59. The molecule has 1 unspecified atom stereocenters. The van der Waals surface area contributed by atoms with Crippen molar-refractivity contribution in [2.24, 2.45) is 0 Å². The zero-order chi connectivity index (χ0) is 25.4. The predicted octanol–water partition coefficient (Wildman–Crippen LogP) is 5.48. The van der Waals surface area contributed by atoms with Crippen LogP contribution in [0.15, 0.2) is 78.3 Å². The minimum atomic E-state index is -0.715. The molecule has 12 heteroatoms. The van der Waals surface area contributed by atoms with Gasteiger partial charge in [0.1, 0.15) is 6.04 Å². The van der Waals surface area contributed by atoms with Crippen molar-refractivity contribution in [2.75, 3.05) is 10.6 Å². The lowest BCUT2D eigenvalue weighted by Crippen LogP contribution is -2.31. The molecule has 0 aliphatic carbocycles. The molecule has 0 bridgehead atoms. The number of amides is 1. The van der Waals surface area contributed by atoms with Crippen LogP contribution in [0.1, 0.15) is 18.5 Å². The van der Waals surface area contributed by atoms with E-state index in [1.807, 2.05) is 0 Å². The summed E-state index contributed by atoms with van der Waals surface area (Å²) in [6.45, 7) is 1.76. The van der Waals surface area contributed by atoms with E-state index in [1.165, 1.54) is 12.1 Å². The molecule has 1 atom stereocenters. The first-order valence-electron chi connectivity index (χ1n) is 10.7. The van der Waals surface area contributed by atoms with Gasteiger partial charge in [0, 0.05) is 29.6 Å². The summed E-state index contributed by atoms with van der Waals surface area (Å²) in [4.78, 5) is 32.8. The first-order valence-corrected chi connectivity index (χ1v) is 11.4. The summed E-state index contributed by atoms with van der Waals surface area (Å²) in [5.41, 5.74) is 2.48. The highest BCUT2D eigenvalue weighted by Gasteiger charge is 2.35. The van der Waals surface area contributed by atoms with Gasteiger partial charge in [0.25, 0.3) is 11.6 Å². The lowest BCUT2D eigenvalue weighted by Gasteiger charge is -2.28. The number of nitrogens with zero attached hydrogens (tertiary/aromatic N) is 5. The Morgan fingerprint density at radius 3 is 2.69 bits per heavy atom. The Morgan fingerprint density at radius 1 is 1.14 bits per heavy atom. The van der Waals surface area contributed by atoms with Gasteiger partial charge in [-0.25, -0.2) is 4.68 Å². The average Bonchev–Trinajstić information content (AvgIpc) is 3.29. The van der Waals surface area contributed by atoms with Crippen molar-refractivity contribution in [1.82, 2.24) is 19.7 Å². The standard InChI is InChI=1S/C24H17Cl2N7O3/c1-13-20(23(34)29-16-5-3-9-27-12-16)21(14-7-8-18(25)19(26)11-14)32-24(28-13)30-22(31-32)15-4-2-6-17(10-15)33(35)36/h2-12,21H,1H3,(H,29,34)(H,28,30,31). The number of aromatic nitrogens is 4. The van der Waals surface area contributed by atoms with Crippen molar-refractivity contribution in [2.45, 2.75) is 13.0 Å². The Balaban J connectivity index is 1.62. The monoisotopic (exact) mass is 521 g/mol. The van der Waals surface area contributed by atoms with Gasteiger partial charge in [-0.2, -0.15) is 4.98 Å². The van der Waals surface area contributed by atoms with Crippen LogP contribution in [-0.4, -0.2) is 30.6 Å². The normalized spacial score (nSPS) is 14.7. The van der Waals surface area contributed by atoms with Crippen molar-refractivity contribution in [1.29, 1.82) is 0 Å². The summed E-state index contributed by atoms with van der Waals surface area (Å²) < 4.78 is 1.55. The Bertz CT molecular complexity index is 1540. The number of carbonyl (C=O) groups is 1. The molecule has 1 amide bonds. The highest BCUT2D eigenvalue weighted by Crippen LogP contribution is 2.38. The van der Waals surface area contributed by atoms with Gasteiger partial charge >= 0.3 is 0 Å². The number of carbonyl (C=O) groups excluding carboxylic acids is 1. The molecule has 0 saturated carbocycles. The Morgan fingerprint density at radius 2 is 1.97 bits per heavy atom. The largest absolute Gasteiger partial charge is 0.328 e. The second-order valence-electron chi connectivity index (χ2n) is 7.95. The maximum Gasteiger partial charge on any atom is 0.270 e. The van der Waals surface area contributed by atoms with Crippen LogP contribution in [-0.2, 0) is 4.79 Å². The zero-order valence-corrected chi connectivity index (χ0v) is 20.2. The third-order valence-corrected chi connectivity index (χ3v) is 6.33. The molecule has 0 fully saturated rings. The summed E-state index contributed by atoms with van der Waals surface area (Å²) in [6.07, 6.45) is 3.15. The highest BCUT2D eigenvalue weighted by molar-refractivity contribution is 6.42. The van der Waals surface area contributed by atoms with Crippen molar-refractivity contribution < 1.29 is 9.72 Å². The minimum Gasteiger partial charge on any atom is -0.328 e. The van der Waals surface area contributed by atoms with Crippen LogP contribution in [0.25, 0.3) is 11.4 Å². The number of nitrogens with one attached hydrogen (secondary N) is 2. The molecule has 0 saturated heterocycles. The van der Waals surface area contributed by atoms with Crippen LogP contribution in [0, 0.1) is 10.1 Å². The second kappa shape index (κ2) is 9.40. The van der Waals surface area contributed by atoms with Crippen LogP contribution in [0.5, 0.6) is 0 Å². The summed E-state index contributed by atoms with van der Waals surface area (Å²) in [5.74, 6) is 0.248. The minimum absolute atomic E-state index is 0.0832. The molecule has 2 aromatic carbocycles. The number of nitro groups is 1. The smallest absolute Gasteiger partial charge is 0.270 e. The molecule has 36 heavy (non-hydrogen) atoms. The van der Waals surface area contributed by atoms with Crippen molar-refractivity contribution in [3.63, 3.8) is 0 Å². The van der Waals surface area contributed by atoms with Crippen molar-refractivity contribution in [3.05, 3.63) is 104 Å². The summed E-state index contributed by atoms with van der Waals surface area (Å²) in [7, 11) is 0. The quantitative estimate of drug-likeness (QED) is 0.262. The third kappa shape index (κ3) is 4.39. The van der Waals surface area contributed by atoms with E-state index < -0.39 is 11.0 Å². The Kier molecular flexibility index (Phi) is 6.13. The van der Waals surface area contributed by atoms with Gasteiger partial charge < -0.3 is 10.6 Å². The van der Waals surface area contributed by atoms with E-state index in [1.54, 1.807) is 66.5 Å².